The van der Waals surface area contributed by atoms with Crippen LogP contribution in [0.5, 0.6) is 17.2 Å². The molecule has 0 atom stereocenters. The summed E-state index contributed by atoms with van der Waals surface area (Å²) in [7, 11) is 1.69. The molecule has 0 aliphatic heterocycles. The molecule has 2 aromatic rings. The Morgan fingerprint density at radius 3 is 2.48 bits per heavy atom. The molecule has 3 nitrogen and oxygen atoms in total. The maximum absolute atomic E-state index is 5.94. The van der Waals surface area contributed by atoms with E-state index >= 15 is 0 Å². The lowest BCUT2D eigenvalue weighted by atomic mass is 10.1. The van der Waals surface area contributed by atoms with Crippen LogP contribution in [-0.2, 0) is 0 Å². The molecule has 0 aliphatic carbocycles. The molecular formula is C21H29ClO3. The Hall–Kier alpha value is -1.61. The molecule has 0 aliphatic rings. The quantitative estimate of drug-likeness (QED) is 0.358. The molecule has 2 rings (SSSR count). The second-order valence-corrected chi connectivity index (χ2v) is 7.01. The van der Waals surface area contributed by atoms with Gasteiger partial charge in [-0.3, -0.25) is 0 Å². The summed E-state index contributed by atoms with van der Waals surface area (Å²) in [6, 6.07) is 10.1. The second-order valence-electron chi connectivity index (χ2n) is 6.64. The van der Waals surface area contributed by atoms with Crippen molar-refractivity contribution in [3.05, 3.63) is 30.3 Å². The van der Waals surface area contributed by atoms with Gasteiger partial charge in [0.25, 0.3) is 0 Å². The van der Waals surface area contributed by atoms with E-state index in [4.69, 9.17) is 25.8 Å². The second kappa shape index (κ2) is 10.4. The van der Waals surface area contributed by atoms with Crippen molar-refractivity contribution in [1.29, 1.82) is 0 Å². The van der Waals surface area contributed by atoms with Gasteiger partial charge in [-0.05, 0) is 48.4 Å². The molecule has 25 heavy (non-hydrogen) atoms. The van der Waals surface area contributed by atoms with E-state index in [1.54, 1.807) is 7.11 Å². The largest absolute Gasteiger partial charge is 0.493 e. The Morgan fingerprint density at radius 1 is 0.960 bits per heavy atom. The third-order valence-corrected chi connectivity index (χ3v) is 4.25. The van der Waals surface area contributed by atoms with Gasteiger partial charge in [0, 0.05) is 11.3 Å². The lowest BCUT2D eigenvalue weighted by Gasteiger charge is -2.14. The van der Waals surface area contributed by atoms with Gasteiger partial charge >= 0.3 is 0 Å². The number of alkyl halides is 1. The highest BCUT2D eigenvalue weighted by Gasteiger charge is 2.10. The lowest BCUT2D eigenvalue weighted by molar-refractivity contribution is 0.271. The van der Waals surface area contributed by atoms with Gasteiger partial charge in [-0.2, -0.15) is 0 Å². The Kier molecular flexibility index (Phi) is 8.20. The van der Waals surface area contributed by atoms with Crippen LogP contribution < -0.4 is 14.2 Å². The summed E-state index contributed by atoms with van der Waals surface area (Å²) in [5.74, 6) is 3.71. The van der Waals surface area contributed by atoms with E-state index in [1.807, 2.05) is 18.2 Å². The summed E-state index contributed by atoms with van der Waals surface area (Å²) in [6.45, 7) is 5.69. The van der Waals surface area contributed by atoms with Crippen molar-refractivity contribution < 1.29 is 14.2 Å². The van der Waals surface area contributed by atoms with Gasteiger partial charge in [-0.1, -0.05) is 32.8 Å². The van der Waals surface area contributed by atoms with Crippen LogP contribution in [-0.4, -0.2) is 26.2 Å². The van der Waals surface area contributed by atoms with Crippen LogP contribution in [0.2, 0.25) is 0 Å². The van der Waals surface area contributed by atoms with Gasteiger partial charge in [-0.25, -0.2) is 0 Å². The van der Waals surface area contributed by atoms with Crippen LogP contribution in [0.15, 0.2) is 30.3 Å². The minimum Gasteiger partial charge on any atom is -0.493 e. The number of rotatable bonds is 11. The summed E-state index contributed by atoms with van der Waals surface area (Å²) < 4.78 is 17.4. The molecule has 0 radical (unpaired) electrons. The molecule has 0 fully saturated rings. The van der Waals surface area contributed by atoms with Crippen molar-refractivity contribution in [2.24, 2.45) is 5.92 Å². The predicted molar refractivity (Wildman–Crippen MR) is 106 cm³/mol. The molecule has 0 bridgehead atoms. The van der Waals surface area contributed by atoms with E-state index in [0.29, 0.717) is 19.1 Å². The molecule has 0 heterocycles. The lowest BCUT2D eigenvalue weighted by Crippen LogP contribution is -2.04. The molecular weight excluding hydrogens is 336 g/mol. The van der Waals surface area contributed by atoms with Crippen LogP contribution in [0.25, 0.3) is 10.8 Å². The van der Waals surface area contributed by atoms with Crippen molar-refractivity contribution in [3.63, 3.8) is 0 Å². The zero-order valence-corrected chi connectivity index (χ0v) is 16.3. The molecule has 0 aromatic heterocycles. The predicted octanol–water partition coefficient (Wildman–Crippen LogP) is 6.06. The number of ether oxygens (including phenoxy) is 3. The van der Waals surface area contributed by atoms with Gasteiger partial charge < -0.3 is 14.2 Å². The standard InChI is InChI=1S/C21H29ClO3/c1-16(2)15-25-18-9-10-19-17(14-18)8-11-20(21(19)23-3)24-13-7-5-4-6-12-22/h8-11,14,16H,4-7,12-13,15H2,1-3H3. The van der Waals surface area contributed by atoms with Gasteiger partial charge in [0.2, 0.25) is 0 Å². The molecule has 0 saturated carbocycles. The molecule has 4 heteroatoms. The number of halogens is 1. The van der Waals surface area contributed by atoms with Crippen LogP contribution in [0.4, 0.5) is 0 Å². The fraction of sp³-hybridized carbons (Fsp3) is 0.524. The Bertz CT molecular complexity index is 655. The summed E-state index contributed by atoms with van der Waals surface area (Å²) in [5, 5.41) is 2.13. The van der Waals surface area contributed by atoms with Crippen molar-refractivity contribution in [2.45, 2.75) is 39.5 Å². The highest BCUT2D eigenvalue weighted by Crippen LogP contribution is 2.37. The molecule has 0 unspecified atom stereocenters. The number of fused-ring (bicyclic) bond motifs is 1. The third kappa shape index (κ3) is 6.00. The fourth-order valence-electron chi connectivity index (χ4n) is 2.67. The summed E-state index contributed by atoms with van der Waals surface area (Å²) in [5.41, 5.74) is 0. The molecule has 2 aromatic carbocycles. The molecule has 0 spiro atoms. The van der Waals surface area contributed by atoms with E-state index < -0.39 is 0 Å². The Morgan fingerprint density at radius 2 is 1.76 bits per heavy atom. The molecule has 0 saturated heterocycles. The van der Waals surface area contributed by atoms with E-state index in [-0.39, 0.29) is 0 Å². The van der Waals surface area contributed by atoms with Gasteiger partial charge in [-0.15, -0.1) is 11.6 Å². The SMILES string of the molecule is COc1c(OCCCCCCCl)ccc2cc(OCC(C)C)ccc12. The number of benzene rings is 2. The first-order valence-corrected chi connectivity index (χ1v) is 9.61. The average molecular weight is 365 g/mol. The normalized spacial score (nSPS) is 11.1. The summed E-state index contributed by atoms with van der Waals surface area (Å²) in [4.78, 5) is 0. The average Bonchev–Trinajstić information content (AvgIpc) is 2.62. The van der Waals surface area contributed by atoms with Crippen molar-refractivity contribution >= 4 is 22.4 Å². The van der Waals surface area contributed by atoms with Gasteiger partial charge in [0.05, 0.1) is 20.3 Å². The highest BCUT2D eigenvalue weighted by atomic mass is 35.5. The smallest absolute Gasteiger partial charge is 0.168 e. The van der Waals surface area contributed by atoms with Gasteiger partial charge in [0.1, 0.15) is 5.75 Å². The van der Waals surface area contributed by atoms with E-state index in [0.717, 1.165) is 59.6 Å². The van der Waals surface area contributed by atoms with E-state index in [9.17, 15) is 0 Å². The number of methoxy groups -OCH3 is 1. The van der Waals surface area contributed by atoms with Crippen molar-refractivity contribution in [3.8, 4) is 17.2 Å². The van der Waals surface area contributed by atoms with E-state index in [1.165, 1.54) is 0 Å². The number of hydrogen-bond acceptors (Lipinski definition) is 3. The molecule has 0 N–H and O–H groups in total. The van der Waals surface area contributed by atoms with Crippen LogP contribution in [0.3, 0.4) is 0 Å². The van der Waals surface area contributed by atoms with Crippen molar-refractivity contribution in [1.82, 2.24) is 0 Å². The minimum absolute atomic E-state index is 0.505. The van der Waals surface area contributed by atoms with Crippen LogP contribution >= 0.6 is 11.6 Å². The first-order valence-electron chi connectivity index (χ1n) is 9.08. The minimum atomic E-state index is 0.505. The molecule has 138 valence electrons. The zero-order valence-electron chi connectivity index (χ0n) is 15.5. The van der Waals surface area contributed by atoms with Gasteiger partial charge in [0.15, 0.2) is 11.5 Å². The topological polar surface area (TPSA) is 27.7 Å². The van der Waals surface area contributed by atoms with Crippen LogP contribution in [0.1, 0.15) is 39.5 Å². The zero-order chi connectivity index (χ0) is 18.1. The maximum Gasteiger partial charge on any atom is 0.168 e. The van der Waals surface area contributed by atoms with Crippen molar-refractivity contribution in [2.75, 3.05) is 26.2 Å². The third-order valence-electron chi connectivity index (χ3n) is 3.98. The Labute approximate surface area is 156 Å². The highest BCUT2D eigenvalue weighted by molar-refractivity contribution is 6.17. The first kappa shape index (κ1) is 19.7. The van der Waals surface area contributed by atoms with E-state index in [2.05, 4.69) is 26.0 Å². The molecule has 0 amide bonds. The number of unbranched alkanes of at least 4 members (excludes halogenated alkanes) is 3. The summed E-state index contributed by atoms with van der Waals surface area (Å²) in [6.07, 6.45) is 4.39. The maximum atomic E-state index is 5.94. The summed E-state index contributed by atoms with van der Waals surface area (Å²) >= 11 is 5.69. The monoisotopic (exact) mass is 364 g/mol. The van der Waals surface area contributed by atoms with Crippen LogP contribution in [0, 0.1) is 5.92 Å². The fourth-order valence-corrected chi connectivity index (χ4v) is 2.86. The Balaban J connectivity index is 2.05. The first-order chi connectivity index (χ1) is 12.2. The number of hydrogen-bond donors (Lipinski definition) is 0.